The standard InChI is InChI=1S/C17H15ClN2OS/c18-13-7-5-12(6-8-13)11-19-16(21)9-10-17-20-14-3-1-2-4-15(14)22-17/h1-8H,9-11H2,(H,19,21). The van der Waals surface area contributed by atoms with Gasteiger partial charge in [0.1, 0.15) is 0 Å². The molecule has 3 rings (SSSR count). The van der Waals surface area contributed by atoms with Crippen LogP contribution in [-0.2, 0) is 17.8 Å². The molecule has 0 unspecified atom stereocenters. The van der Waals surface area contributed by atoms with Gasteiger partial charge in [-0.1, -0.05) is 35.9 Å². The first-order valence-electron chi connectivity index (χ1n) is 7.06. The lowest BCUT2D eigenvalue weighted by Crippen LogP contribution is -2.22. The number of amides is 1. The summed E-state index contributed by atoms with van der Waals surface area (Å²) in [6.07, 6.45) is 1.12. The summed E-state index contributed by atoms with van der Waals surface area (Å²) in [4.78, 5) is 16.4. The number of para-hydroxylation sites is 1. The number of hydrogen-bond acceptors (Lipinski definition) is 3. The summed E-state index contributed by atoms with van der Waals surface area (Å²) in [5.41, 5.74) is 2.04. The molecule has 0 aliphatic heterocycles. The van der Waals surface area contributed by atoms with Crippen LogP contribution in [0.2, 0.25) is 5.02 Å². The summed E-state index contributed by atoms with van der Waals surface area (Å²) in [6, 6.07) is 15.5. The summed E-state index contributed by atoms with van der Waals surface area (Å²) in [5, 5.41) is 4.62. The zero-order chi connectivity index (χ0) is 15.4. The van der Waals surface area contributed by atoms with Crippen molar-refractivity contribution in [2.45, 2.75) is 19.4 Å². The zero-order valence-electron chi connectivity index (χ0n) is 11.9. The molecule has 0 radical (unpaired) electrons. The minimum Gasteiger partial charge on any atom is -0.352 e. The van der Waals surface area contributed by atoms with Crippen LogP contribution in [0.25, 0.3) is 10.2 Å². The molecular formula is C17H15ClN2OS. The Balaban J connectivity index is 1.50. The van der Waals surface area contributed by atoms with Gasteiger partial charge in [-0.05, 0) is 29.8 Å². The topological polar surface area (TPSA) is 42.0 Å². The van der Waals surface area contributed by atoms with Crippen LogP contribution in [0.5, 0.6) is 0 Å². The van der Waals surface area contributed by atoms with E-state index in [0.29, 0.717) is 24.4 Å². The van der Waals surface area contributed by atoms with Crippen LogP contribution in [0.4, 0.5) is 0 Å². The maximum absolute atomic E-state index is 11.9. The van der Waals surface area contributed by atoms with Gasteiger partial charge in [-0.25, -0.2) is 4.98 Å². The zero-order valence-corrected chi connectivity index (χ0v) is 13.5. The maximum atomic E-state index is 11.9. The van der Waals surface area contributed by atoms with Gasteiger partial charge >= 0.3 is 0 Å². The Bertz CT molecular complexity index is 750. The third-order valence-electron chi connectivity index (χ3n) is 3.31. The molecule has 2 aromatic carbocycles. The number of carbonyl (C=O) groups excluding carboxylic acids is 1. The van der Waals surface area contributed by atoms with Crippen LogP contribution in [0, 0.1) is 0 Å². The van der Waals surface area contributed by atoms with Crippen LogP contribution in [-0.4, -0.2) is 10.9 Å². The molecular weight excluding hydrogens is 316 g/mol. The molecule has 0 atom stereocenters. The van der Waals surface area contributed by atoms with E-state index in [0.717, 1.165) is 16.1 Å². The predicted octanol–water partition coefficient (Wildman–Crippen LogP) is 4.20. The van der Waals surface area contributed by atoms with Gasteiger partial charge in [0.15, 0.2) is 0 Å². The Morgan fingerprint density at radius 2 is 1.91 bits per heavy atom. The minimum absolute atomic E-state index is 0.0363. The largest absolute Gasteiger partial charge is 0.352 e. The molecule has 1 amide bonds. The average Bonchev–Trinajstić information content (AvgIpc) is 2.95. The fourth-order valence-electron chi connectivity index (χ4n) is 2.14. The fraction of sp³-hybridized carbons (Fsp3) is 0.176. The van der Waals surface area contributed by atoms with E-state index in [4.69, 9.17) is 11.6 Å². The monoisotopic (exact) mass is 330 g/mol. The second-order valence-electron chi connectivity index (χ2n) is 4.98. The minimum atomic E-state index is 0.0363. The summed E-state index contributed by atoms with van der Waals surface area (Å²) < 4.78 is 1.17. The van der Waals surface area contributed by atoms with Crippen LogP contribution in [0.1, 0.15) is 17.0 Å². The van der Waals surface area contributed by atoms with E-state index in [1.807, 2.05) is 42.5 Å². The average molecular weight is 331 g/mol. The number of aryl methyl sites for hydroxylation is 1. The van der Waals surface area contributed by atoms with Crippen molar-refractivity contribution in [3.63, 3.8) is 0 Å². The number of aromatic nitrogens is 1. The number of nitrogens with zero attached hydrogens (tertiary/aromatic N) is 1. The van der Waals surface area contributed by atoms with E-state index < -0.39 is 0 Å². The Morgan fingerprint density at radius 1 is 1.14 bits per heavy atom. The number of hydrogen-bond donors (Lipinski definition) is 1. The molecule has 0 spiro atoms. The molecule has 0 saturated heterocycles. The number of nitrogens with one attached hydrogen (secondary N) is 1. The molecule has 3 aromatic rings. The Labute approximate surface area is 138 Å². The van der Waals surface area contributed by atoms with Crippen LogP contribution in [0.3, 0.4) is 0 Å². The van der Waals surface area contributed by atoms with Crippen molar-refractivity contribution in [1.29, 1.82) is 0 Å². The molecule has 0 fully saturated rings. The van der Waals surface area contributed by atoms with Gasteiger partial charge in [0.05, 0.1) is 15.2 Å². The lowest BCUT2D eigenvalue weighted by atomic mass is 10.2. The van der Waals surface area contributed by atoms with E-state index in [2.05, 4.69) is 16.4 Å². The summed E-state index contributed by atoms with van der Waals surface area (Å²) >= 11 is 7.48. The second-order valence-corrected chi connectivity index (χ2v) is 6.53. The van der Waals surface area contributed by atoms with Crippen LogP contribution in [0.15, 0.2) is 48.5 Å². The lowest BCUT2D eigenvalue weighted by Gasteiger charge is -2.04. The maximum Gasteiger partial charge on any atom is 0.220 e. The number of benzene rings is 2. The van der Waals surface area contributed by atoms with E-state index in [-0.39, 0.29) is 5.91 Å². The van der Waals surface area contributed by atoms with Gasteiger partial charge in [-0.3, -0.25) is 4.79 Å². The van der Waals surface area contributed by atoms with Crippen molar-refractivity contribution in [3.05, 3.63) is 64.1 Å². The molecule has 22 heavy (non-hydrogen) atoms. The molecule has 1 N–H and O–H groups in total. The van der Waals surface area contributed by atoms with Gasteiger partial charge in [-0.15, -0.1) is 11.3 Å². The predicted molar refractivity (Wildman–Crippen MR) is 91.2 cm³/mol. The van der Waals surface area contributed by atoms with E-state index in [9.17, 15) is 4.79 Å². The highest BCUT2D eigenvalue weighted by Crippen LogP contribution is 2.22. The van der Waals surface area contributed by atoms with Gasteiger partial charge < -0.3 is 5.32 Å². The Hall–Kier alpha value is -1.91. The third kappa shape index (κ3) is 3.84. The number of rotatable bonds is 5. The highest BCUT2D eigenvalue weighted by Gasteiger charge is 2.06. The molecule has 0 aliphatic rings. The van der Waals surface area contributed by atoms with Gasteiger partial charge in [0.2, 0.25) is 5.91 Å². The van der Waals surface area contributed by atoms with Crippen molar-refractivity contribution >= 4 is 39.1 Å². The number of halogens is 1. The molecule has 0 saturated carbocycles. The lowest BCUT2D eigenvalue weighted by molar-refractivity contribution is -0.121. The smallest absolute Gasteiger partial charge is 0.220 e. The first-order chi connectivity index (χ1) is 10.7. The Kier molecular flexibility index (Phi) is 4.71. The summed E-state index contributed by atoms with van der Waals surface area (Å²) in [5.74, 6) is 0.0363. The van der Waals surface area contributed by atoms with Crippen LogP contribution < -0.4 is 5.32 Å². The molecule has 0 aliphatic carbocycles. The van der Waals surface area contributed by atoms with E-state index in [1.54, 1.807) is 11.3 Å². The third-order valence-corrected chi connectivity index (χ3v) is 4.66. The first kappa shape index (κ1) is 15.0. The first-order valence-corrected chi connectivity index (χ1v) is 8.26. The normalized spacial score (nSPS) is 10.8. The highest BCUT2D eigenvalue weighted by molar-refractivity contribution is 7.18. The van der Waals surface area contributed by atoms with E-state index >= 15 is 0 Å². The number of fused-ring (bicyclic) bond motifs is 1. The van der Waals surface area contributed by atoms with Crippen molar-refractivity contribution in [1.82, 2.24) is 10.3 Å². The van der Waals surface area contributed by atoms with E-state index in [1.165, 1.54) is 4.70 Å². The SMILES string of the molecule is O=C(CCc1nc2ccccc2s1)NCc1ccc(Cl)cc1. The van der Waals surface area contributed by atoms with Crippen LogP contribution >= 0.6 is 22.9 Å². The molecule has 5 heteroatoms. The molecule has 1 heterocycles. The molecule has 3 nitrogen and oxygen atoms in total. The number of thiazole rings is 1. The summed E-state index contributed by atoms with van der Waals surface area (Å²) in [7, 11) is 0. The quantitative estimate of drug-likeness (QED) is 0.761. The fourth-order valence-corrected chi connectivity index (χ4v) is 3.23. The second kappa shape index (κ2) is 6.90. The van der Waals surface area contributed by atoms with Gasteiger partial charge in [0.25, 0.3) is 0 Å². The number of carbonyl (C=O) groups is 1. The molecule has 112 valence electrons. The van der Waals surface area contributed by atoms with Gasteiger partial charge in [-0.2, -0.15) is 0 Å². The van der Waals surface area contributed by atoms with Crippen molar-refractivity contribution < 1.29 is 4.79 Å². The van der Waals surface area contributed by atoms with Crippen molar-refractivity contribution in [2.24, 2.45) is 0 Å². The van der Waals surface area contributed by atoms with Gasteiger partial charge in [0, 0.05) is 24.4 Å². The van der Waals surface area contributed by atoms with Crippen molar-refractivity contribution in [2.75, 3.05) is 0 Å². The molecule has 0 bridgehead atoms. The summed E-state index contributed by atoms with van der Waals surface area (Å²) in [6.45, 7) is 0.524. The molecule has 1 aromatic heterocycles. The highest BCUT2D eigenvalue weighted by atomic mass is 35.5. The van der Waals surface area contributed by atoms with Crippen molar-refractivity contribution in [3.8, 4) is 0 Å². The Morgan fingerprint density at radius 3 is 2.68 bits per heavy atom.